The highest BCUT2D eigenvalue weighted by atomic mass is 16.5. The Morgan fingerprint density at radius 1 is 1.48 bits per heavy atom. The van der Waals surface area contributed by atoms with Crippen molar-refractivity contribution in [1.29, 1.82) is 0 Å². The van der Waals surface area contributed by atoms with Crippen LogP contribution in [0.1, 0.15) is 35.2 Å². The van der Waals surface area contributed by atoms with Gasteiger partial charge in [-0.05, 0) is 32.4 Å². The summed E-state index contributed by atoms with van der Waals surface area (Å²) in [6.07, 6.45) is 2.15. The Bertz CT molecular complexity index is 690. The third kappa shape index (κ3) is 2.91. The molecule has 2 aromatic rings. The molecule has 1 amide bonds. The molecule has 3 heterocycles. The second-order valence-corrected chi connectivity index (χ2v) is 6.17. The summed E-state index contributed by atoms with van der Waals surface area (Å²) in [4.78, 5) is 14.6. The van der Waals surface area contributed by atoms with Crippen LogP contribution in [0.25, 0.3) is 0 Å². The van der Waals surface area contributed by atoms with Gasteiger partial charge in [0, 0.05) is 32.0 Å². The number of rotatable bonds is 4. The van der Waals surface area contributed by atoms with Crippen molar-refractivity contribution in [2.75, 3.05) is 13.7 Å². The van der Waals surface area contributed by atoms with Gasteiger partial charge in [0.1, 0.15) is 5.76 Å². The Hall–Kier alpha value is -2.08. The number of aromatic nitrogens is 2. The Morgan fingerprint density at radius 3 is 2.87 bits per heavy atom. The van der Waals surface area contributed by atoms with Crippen LogP contribution in [-0.4, -0.2) is 34.2 Å². The minimum atomic E-state index is -0.213. The van der Waals surface area contributed by atoms with Gasteiger partial charge in [-0.2, -0.15) is 5.10 Å². The number of amides is 1. The molecule has 0 unspecified atom stereocenters. The first kappa shape index (κ1) is 15.8. The van der Waals surface area contributed by atoms with Gasteiger partial charge in [-0.15, -0.1) is 0 Å². The molecule has 3 rings (SSSR count). The fraction of sp³-hybridized carbons (Fsp3) is 0.529. The second-order valence-electron chi connectivity index (χ2n) is 6.17. The van der Waals surface area contributed by atoms with Crippen LogP contribution in [0.15, 0.2) is 22.8 Å². The van der Waals surface area contributed by atoms with E-state index in [1.54, 1.807) is 11.2 Å². The third-order valence-corrected chi connectivity index (χ3v) is 4.61. The summed E-state index contributed by atoms with van der Waals surface area (Å²) < 4.78 is 13.1. The standard InChI is InChI=1S/C17H23N3O3/c1-11-15(12(2)20(4)18-11)16-14(7-9-23-16)17(21)19(3)10-13-6-5-8-22-13/h5-6,8,14,16H,7,9-10H2,1-4H3/t14-,16-/m0/s1. The van der Waals surface area contributed by atoms with Crippen molar-refractivity contribution in [3.63, 3.8) is 0 Å². The van der Waals surface area contributed by atoms with E-state index < -0.39 is 0 Å². The fourth-order valence-corrected chi connectivity index (χ4v) is 3.33. The zero-order valence-corrected chi connectivity index (χ0v) is 14.1. The molecule has 23 heavy (non-hydrogen) atoms. The summed E-state index contributed by atoms with van der Waals surface area (Å²) in [6.45, 7) is 5.06. The zero-order valence-electron chi connectivity index (χ0n) is 14.1. The van der Waals surface area contributed by atoms with E-state index in [1.807, 2.05) is 44.8 Å². The molecule has 0 aromatic carbocycles. The van der Waals surface area contributed by atoms with Crippen LogP contribution >= 0.6 is 0 Å². The highest BCUT2D eigenvalue weighted by Crippen LogP contribution is 2.38. The molecular formula is C17H23N3O3. The monoisotopic (exact) mass is 317 g/mol. The summed E-state index contributed by atoms with van der Waals surface area (Å²) >= 11 is 0. The van der Waals surface area contributed by atoms with Crippen molar-refractivity contribution in [3.05, 3.63) is 41.1 Å². The smallest absolute Gasteiger partial charge is 0.228 e. The van der Waals surface area contributed by atoms with Gasteiger partial charge in [-0.25, -0.2) is 0 Å². The molecule has 124 valence electrons. The first-order chi connectivity index (χ1) is 11.0. The summed E-state index contributed by atoms with van der Waals surface area (Å²) in [5, 5.41) is 4.45. The maximum Gasteiger partial charge on any atom is 0.228 e. The van der Waals surface area contributed by atoms with Crippen LogP contribution < -0.4 is 0 Å². The van der Waals surface area contributed by atoms with E-state index in [4.69, 9.17) is 9.15 Å². The average Bonchev–Trinajstić information content (AvgIpc) is 3.21. The Balaban J connectivity index is 1.79. The number of carbonyl (C=O) groups is 1. The Morgan fingerprint density at radius 2 is 2.26 bits per heavy atom. The number of carbonyl (C=O) groups excluding carboxylic acids is 1. The van der Waals surface area contributed by atoms with Crippen molar-refractivity contribution >= 4 is 5.91 Å². The normalized spacial score (nSPS) is 20.9. The lowest BCUT2D eigenvalue weighted by Gasteiger charge is -2.24. The Kier molecular flexibility index (Phi) is 4.26. The second kappa shape index (κ2) is 6.20. The van der Waals surface area contributed by atoms with Crippen LogP contribution in [-0.2, 0) is 23.1 Å². The van der Waals surface area contributed by atoms with E-state index in [-0.39, 0.29) is 17.9 Å². The maximum atomic E-state index is 12.9. The third-order valence-electron chi connectivity index (χ3n) is 4.61. The van der Waals surface area contributed by atoms with Gasteiger partial charge < -0.3 is 14.1 Å². The molecule has 0 N–H and O–H groups in total. The van der Waals surface area contributed by atoms with Gasteiger partial charge in [0.15, 0.2) is 0 Å². The highest BCUT2D eigenvalue weighted by molar-refractivity contribution is 5.79. The van der Waals surface area contributed by atoms with Crippen molar-refractivity contribution in [3.8, 4) is 0 Å². The van der Waals surface area contributed by atoms with E-state index in [0.29, 0.717) is 13.2 Å². The summed E-state index contributed by atoms with van der Waals surface area (Å²) in [5.41, 5.74) is 3.04. The minimum Gasteiger partial charge on any atom is -0.467 e. The van der Waals surface area contributed by atoms with Crippen molar-refractivity contribution in [2.24, 2.45) is 13.0 Å². The number of aryl methyl sites for hydroxylation is 2. The molecule has 0 spiro atoms. The minimum absolute atomic E-state index is 0.0894. The predicted octanol–water partition coefficient (Wildman–Crippen LogP) is 2.37. The first-order valence-corrected chi connectivity index (χ1v) is 7.88. The number of hydrogen-bond donors (Lipinski definition) is 0. The molecule has 0 radical (unpaired) electrons. The summed E-state index contributed by atoms with van der Waals surface area (Å²) in [5.74, 6) is 0.702. The van der Waals surface area contributed by atoms with Gasteiger partial charge in [-0.1, -0.05) is 0 Å². The first-order valence-electron chi connectivity index (χ1n) is 7.88. The lowest BCUT2D eigenvalue weighted by atomic mass is 9.92. The zero-order chi connectivity index (χ0) is 16.6. The van der Waals surface area contributed by atoms with E-state index in [0.717, 1.165) is 29.1 Å². The molecule has 0 bridgehead atoms. The van der Waals surface area contributed by atoms with E-state index >= 15 is 0 Å². The lowest BCUT2D eigenvalue weighted by Crippen LogP contribution is -2.34. The molecule has 1 aliphatic heterocycles. The van der Waals surface area contributed by atoms with E-state index in [1.165, 1.54) is 0 Å². The molecule has 6 nitrogen and oxygen atoms in total. The Labute approximate surface area is 136 Å². The molecule has 2 aromatic heterocycles. The maximum absolute atomic E-state index is 12.9. The largest absolute Gasteiger partial charge is 0.467 e. The molecule has 2 atom stereocenters. The molecule has 0 aliphatic carbocycles. The van der Waals surface area contributed by atoms with Crippen LogP contribution in [0.2, 0.25) is 0 Å². The van der Waals surface area contributed by atoms with Crippen molar-refractivity contribution in [2.45, 2.75) is 32.9 Å². The number of ether oxygens (including phenoxy) is 1. The molecule has 0 saturated carbocycles. The average molecular weight is 317 g/mol. The molecule has 6 heteroatoms. The van der Waals surface area contributed by atoms with Crippen LogP contribution in [0.5, 0.6) is 0 Å². The SMILES string of the molecule is Cc1nn(C)c(C)c1[C@H]1OCC[C@@H]1C(=O)N(C)Cc1ccco1. The number of nitrogens with zero attached hydrogens (tertiary/aromatic N) is 3. The number of furan rings is 1. The molecule has 1 fully saturated rings. The summed E-state index contributed by atoms with van der Waals surface area (Å²) in [7, 11) is 3.73. The van der Waals surface area contributed by atoms with Crippen molar-refractivity contribution < 1.29 is 13.9 Å². The fourth-order valence-electron chi connectivity index (χ4n) is 3.33. The van der Waals surface area contributed by atoms with E-state index in [2.05, 4.69) is 5.10 Å². The van der Waals surface area contributed by atoms with Gasteiger partial charge in [-0.3, -0.25) is 9.48 Å². The van der Waals surface area contributed by atoms with Crippen molar-refractivity contribution in [1.82, 2.24) is 14.7 Å². The number of hydrogen-bond acceptors (Lipinski definition) is 4. The quantitative estimate of drug-likeness (QED) is 0.868. The van der Waals surface area contributed by atoms with Gasteiger partial charge in [0.2, 0.25) is 5.91 Å². The van der Waals surface area contributed by atoms with Gasteiger partial charge in [0.05, 0.1) is 30.5 Å². The lowest BCUT2D eigenvalue weighted by molar-refractivity contribution is -0.136. The molecule has 1 aliphatic rings. The van der Waals surface area contributed by atoms with Gasteiger partial charge >= 0.3 is 0 Å². The van der Waals surface area contributed by atoms with Gasteiger partial charge in [0.25, 0.3) is 0 Å². The van der Waals surface area contributed by atoms with Crippen LogP contribution in [0.3, 0.4) is 0 Å². The van der Waals surface area contributed by atoms with Crippen LogP contribution in [0, 0.1) is 19.8 Å². The summed E-state index contributed by atoms with van der Waals surface area (Å²) in [6, 6.07) is 3.71. The topological polar surface area (TPSA) is 60.5 Å². The highest BCUT2D eigenvalue weighted by Gasteiger charge is 2.39. The molecule has 1 saturated heterocycles. The molecular weight excluding hydrogens is 294 g/mol. The predicted molar refractivity (Wildman–Crippen MR) is 84.7 cm³/mol. The van der Waals surface area contributed by atoms with E-state index in [9.17, 15) is 4.79 Å². The van der Waals surface area contributed by atoms with Crippen LogP contribution in [0.4, 0.5) is 0 Å².